The highest BCUT2D eigenvalue weighted by Crippen LogP contribution is 2.34. The first-order chi connectivity index (χ1) is 6.47. The summed E-state index contributed by atoms with van der Waals surface area (Å²) < 4.78 is 23.6. The topological polar surface area (TPSA) is 55.4 Å². The molecule has 1 rings (SSSR count). The van der Waals surface area contributed by atoms with E-state index in [-0.39, 0.29) is 10.8 Å². The van der Waals surface area contributed by atoms with Crippen LogP contribution in [0.3, 0.4) is 0 Å². The van der Waals surface area contributed by atoms with Crippen LogP contribution in [0.15, 0.2) is 14.1 Å². The number of thiophene rings is 1. The lowest BCUT2D eigenvalue weighted by molar-refractivity contribution is 0.105. The summed E-state index contributed by atoms with van der Waals surface area (Å²) in [6, 6.07) is 1.36. The Labute approximate surface area is 99.4 Å². The van der Waals surface area contributed by atoms with Crippen molar-refractivity contribution in [2.75, 3.05) is 6.61 Å². The summed E-state index contributed by atoms with van der Waals surface area (Å²) in [5, 5.41) is 0.367. The Morgan fingerprint density at radius 1 is 1.71 bits per heavy atom. The van der Waals surface area contributed by atoms with Gasteiger partial charge in [0.15, 0.2) is 0 Å². The summed E-state index contributed by atoms with van der Waals surface area (Å²) in [4.78, 5) is 6.58. The molecular weight excluding hydrogens is 314 g/mol. The zero-order chi connectivity index (χ0) is 10.8. The first kappa shape index (κ1) is 12.4. The van der Waals surface area contributed by atoms with E-state index in [4.69, 9.17) is 11.6 Å². The van der Waals surface area contributed by atoms with Gasteiger partial charge in [0.2, 0.25) is 0 Å². The van der Waals surface area contributed by atoms with Crippen LogP contribution in [0.1, 0.15) is 6.92 Å². The molecule has 0 atom stereocenters. The monoisotopic (exact) mass is 319 g/mol. The van der Waals surface area contributed by atoms with Gasteiger partial charge in [-0.3, -0.25) is 4.84 Å². The molecule has 0 bridgehead atoms. The van der Waals surface area contributed by atoms with Crippen LogP contribution in [0, 0.1) is 0 Å². The van der Waals surface area contributed by atoms with Crippen LogP contribution in [-0.2, 0) is 14.9 Å². The lowest BCUT2D eigenvalue weighted by atomic mass is 10.7. The van der Waals surface area contributed by atoms with Gasteiger partial charge < -0.3 is 0 Å². The first-order valence-electron chi connectivity index (χ1n) is 3.56. The van der Waals surface area contributed by atoms with Crippen LogP contribution >= 0.6 is 38.9 Å². The van der Waals surface area contributed by atoms with Crippen molar-refractivity contribution in [1.82, 2.24) is 4.89 Å². The van der Waals surface area contributed by atoms with Gasteiger partial charge in [-0.15, -0.1) is 11.3 Å². The van der Waals surface area contributed by atoms with Crippen LogP contribution in [0.5, 0.6) is 0 Å². The highest BCUT2D eigenvalue weighted by atomic mass is 79.9. The maximum atomic E-state index is 11.5. The van der Waals surface area contributed by atoms with Crippen molar-refractivity contribution in [2.45, 2.75) is 11.1 Å². The summed E-state index contributed by atoms with van der Waals surface area (Å²) in [6.45, 7) is 1.94. The molecule has 0 radical (unpaired) electrons. The number of rotatable bonds is 4. The van der Waals surface area contributed by atoms with Crippen LogP contribution in [-0.4, -0.2) is 15.0 Å². The summed E-state index contributed by atoms with van der Waals surface area (Å²) >= 11 is 9.86. The third kappa shape index (κ3) is 2.91. The molecule has 0 fully saturated rings. The smallest absolute Gasteiger partial charge is 0.272 e. The maximum absolute atomic E-state index is 11.5. The second-order valence-corrected chi connectivity index (χ2v) is 6.86. The van der Waals surface area contributed by atoms with E-state index in [1.165, 1.54) is 6.07 Å². The predicted octanol–water partition coefficient (Wildman–Crippen LogP) is 2.39. The SMILES string of the molecule is CCONS(=O)(=O)c1cc(Cl)c(Br)s1. The Morgan fingerprint density at radius 2 is 2.36 bits per heavy atom. The second-order valence-electron chi connectivity index (χ2n) is 2.21. The first-order valence-corrected chi connectivity index (χ1v) is 7.03. The zero-order valence-electron chi connectivity index (χ0n) is 7.08. The zero-order valence-corrected chi connectivity index (χ0v) is 11.1. The van der Waals surface area contributed by atoms with Crippen LogP contribution < -0.4 is 4.89 Å². The molecule has 0 amide bonds. The lowest BCUT2D eigenvalue weighted by Gasteiger charge is -2.01. The molecule has 0 aromatic carbocycles. The molecule has 1 aromatic heterocycles. The molecule has 0 spiro atoms. The molecule has 0 saturated heterocycles. The standard InChI is InChI=1S/C6H7BrClNO3S2/c1-2-12-9-14(10,11)5-3-4(8)6(7)13-5/h3,9H,2H2,1H3. The van der Waals surface area contributed by atoms with Gasteiger partial charge in [-0.05, 0) is 28.9 Å². The van der Waals surface area contributed by atoms with E-state index in [1.54, 1.807) is 6.92 Å². The van der Waals surface area contributed by atoms with E-state index >= 15 is 0 Å². The summed E-state index contributed by atoms with van der Waals surface area (Å²) in [7, 11) is -3.59. The van der Waals surface area contributed by atoms with Gasteiger partial charge in [-0.25, -0.2) is 8.42 Å². The molecule has 1 N–H and O–H groups in total. The number of hydrogen-bond acceptors (Lipinski definition) is 4. The van der Waals surface area contributed by atoms with Crippen molar-refractivity contribution in [3.05, 3.63) is 14.9 Å². The van der Waals surface area contributed by atoms with E-state index in [0.29, 0.717) is 8.81 Å². The Balaban J connectivity index is 2.93. The summed E-state index contributed by atoms with van der Waals surface area (Å²) in [5.74, 6) is 0. The van der Waals surface area contributed by atoms with Crippen LogP contribution in [0.2, 0.25) is 5.02 Å². The lowest BCUT2D eigenvalue weighted by Crippen LogP contribution is -2.23. The van der Waals surface area contributed by atoms with E-state index < -0.39 is 10.0 Å². The van der Waals surface area contributed by atoms with Crippen molar-refractivity contribution in [3.8, 4) is 0 Å². The molecule has 14 heavy (non-hydrogen) atoms. The fraction of sp³-hybridized carbons (Fsp3) is 0.333. The number of hydrogen-bond donors (Lipinski definition) is 1. The second kappa shape index (κ2) is 4.91. The van der Waals surface area contributed by atoms with Gasteiger partial charge in [-0.1, -0.05) is 16.5 Å². The van der Waals surface area contributed by atoms with Gasteiger partial charge in [0.25, 0.3) is 10.0 Å². The summed E-state index contributed by atoms with van der Waals surface area (Å²) in [5.41, 5.74) is 0. The number of nitrogens with one attached hydrogen (secondary N) is 1. The third-order valence-corrected chi connectivity index (χ3v) is 5.36. The molecule has 80 valence electrons. The average Bonchev–Trinajstić information content (AvgIpc) is 2.45. The molecule has 0 aliphatic carbocycles. The fourth-order valence-electron chi connectivity index (χ4n) is 0.637. The molecule has 0 aliphatic rings. The predicted molar refractivity (Wildman–Crippen MR) is 59.0 cm³/mol. The summed E-state index contributed by atoms with van der Waals surface area (Å²) in [6.07, 6.45) is 0. The molecule has 8 heteroatoms. The number of halogens is 2. The molecule has 0 aliphatic heterocycles. The molecule has 1 aromatic rings. The van der Waals surface area contributed by atoms with Crippen molar-refractivity contribution < 1.29 is 13.3 Å². The highest BCUT2D eigenvalue weighted by molar-refractivity contribution is 9.11. The Bertz CT molecular complexity index is 397. The van der Waals surface area contributed by atoms with Gasteiger partial charge in [0, 0.05) is 0 Å². The Hall–Kier alpha value is 0.340. The molecule has 1 heterocycles. The minimum Gasteiger partial charge on any atom is -0.287 e. The van der Waals surface area contributed by atoms with Gasteiger partial charge in [0.05, 0.1) is 15.4 Å². The fourth-order valence-corrected chi connectivity index (χ4v) is 3.88. The molecule has 4 nitrogen and oxygen atoms in total. The number of sulfonamides is 1. The van der Waals surface area contributed by atoms with Crippen LogP contribution in [0.4, 0.5) is 0 Å². The molecule has 0 saturated carbocycles. The van der Waals surface area contributed by atoms with Gasteiger partial charge in [0.1, 0.15) is 4.21 Å². The van der Waals surface area contributed by atoms with Crippen molar-refractivity contribution in [1.29, 1.82) is 0 Å². The van der Waals surface area contributed by atoms with Gasteiger partial charge >= 0.3 is 0 Å². The Morgan fingerprint density at radius 3 is 2.79 bits per heavy atom. The van der Waals surface area contributed by atoms with Crippen LogP contribution in [0.25, 0.3) is 0 Å². The molecule has 0 unspecified atom stereocenters. The van der Waals surface area contributed by atoms with E-state index in [1.807, 2.05) is 4.89 Å². The highest BCUT2D eigenvalue weighted by Gasteiger charge is 2.18. The van der Waals surface area contributed by atoms with E-state index in [0.717, 1.165) is 11.3 Å². The minimum absolute atomic E-state index is 0.114. The molecular formula is C6H7BrClNO3S2. The minimum atomic E-state index is -3.59. The quantitative estimate of drug-likeness (QED) is 0.867. The third-order valence-electron chi connectivity index (χ3n) is 1.20. The van der Waals surface area contributed by atoms with E-state index in [2.05, 4.69) is 20.8 Å². The van der Waals surface area contributed by atoms with E-state index in [9.17, 15) is 8.42 Å². The normalized spacial score (nSPS) is 11.9. The van der Waals surface area contributed by atoms with Gasteiger partial charge in [-0.2, -0.15) is 0 Å². The van der Waals surface area contributed by atoms with Crippen molar-refractivity contribution in [2.24, 2.45) is 0 Å². The van der Waals surface area contributed by atoms with Crippen molar-refractivity contribution in [3.63, 3.8) is 0 Å². The average molecular weight is 321 g/mol. The Kier molecular flexibility index (Phi) is 4.35. The largest absolute Gasteiger partial charge is 0.287 e. The van der Waals surface area contributed by atoms with Crippen molar-refractivity contribution >= 4 is 48.9 Å². The maximum Gasteiger partial charge on any atom is 0.272 e.